The molecule has 2 aromatic heterocycles. The lowest BCUT2D eigenvalue weighted by Gasteiger charge is -2.32. The van der Waals surface area contributed by atoms with Gasteiger partial charge in [-0.05, 0) is 93.2 Å². The third-order valence-electron chi connectivity index (χ3n) is 7.10. The van der Waals surface area contributed by atoms with Crippen LogP contribution in [0.5, 0.6) is 0 Å². The summed E-state index contributed by atoms with van der Waals surface area (Å²) in [4.78, 5) is 66.5. The molecule has 0 N–H and O–H groups in total. The van der Waals surface area contributed by atoms with Crippen LogP contribution in [0.25, 0.3) is 0 Å². The first kappa shape index (κ1) is 41.9. The molecule has 0 bridgehead atoms. The Morgan fingerprint density at radius 3 is 1.56 bits per heavy atom. The number of hydrogen-bond donors (Lipinski definition) is 0. The van der Waals surface area contributed by atoms with Crippen LogP contribution in [0.1, 0.15) is 93.0 Å². The van der Waals surface area contributed by atoms with Gasteiger partial charge in [0.2, 0.25) is 0 Å². The van der Waals surface area contributed by atoms with Gasteiger partial charge in [-0.1, -0.05) is 7.43 Å². The molecule has 0 radical (unpaired) electrons. The Hall–Kier alpha value is -4.16. The van der Waals surface area contributed by atoms with E-state index in [1.807, 2.05) is 54.5 Å². The number of piperidine rings is 2. The van der Waals surface area contributed by atoms with E-state index in [2.05, 4.69) is 19.9 Å². The number of Topliss-reactive ketones (excluding diaryl/α,β-unsaturated/α-hetero) is 1. The van der Waals surface area contributed by atoms with Gasteiger partial charge in [-0.3, -0.25) is 9.59 Å². The standard InChI is InChI=1S/C16H23N3O3.C13H23NO4.C5H6N2.CH4/c1-16(2,3)22-15(21)19-8-5-12(6-9-19)14(20)10-13-4-7-17-11-18-13;1-5-17-11(15)10-6-8-14(9-7-10)12(16)18-13(2,3)4;1-5-2-3-6-4-7-5;/h4,7,11-12H,5-6,8-10H2,1-3H3;10H,5-9H2,1-4H3;2-4H,1H3;1H4. The molecule has 268 valence electrons. The van der Waals surface area contributed by atoms with Gasteiger partial charge in [0.05, 0.1) is 18.2 Å². The average molecular weight is 673 g/mol. The maximum Gasteiger partial charge on any atom is 0.410 e. The van der Waals surface area contributed by atoms with Gasteiger partial charge in [0.1, 0.15) is 29.6 Å². The molecular weight excluding hydrogens is 616 g/mol. The number of esters is 1. The lowest BCUT2D eigenvalue weighted by atomic mass is 9.90. The molecule has 2 saturated heterocycles. The molecule has 0 atom stereocenters. The molecule has 0 aromatic carbocycles. The van der Waals surface area contributed by atoms with Crippen LogP contribution in [-0.4, -0.2) is 97.7 Å². The first-order valence-electron chi connectivity index (χ1n) is 16.2. The highest BCUT2D eigenvalue weighted by Gasteiger charge is 2.31. The Bertz CT molecular complexity index is 1250. The molecule has 48 heavy (non-hydrogen) atoms. The third kappa shape index (κ3) is 16.6. The summed E-state index contributed by atoms with van der Waals surface area (Å²) in [7, 11) is 0. The number of rotatable bonds is 5. The lowest BCUT2D eigenvalue weighted by molar-refractivity contribution is -0.149. The summed E-state index contributed by atoms with van der Waals surface area (Å²) < 4.78 is 15.6. The quantitative estimate of drug-likeness (QED) is 0.277. The van der Waals surface area contributed by atoms with Crippen molar-refractivity contribution in [2.24, 2.45) is 11.8 Å². The summed E-state index contributed by atoms with van der Waals surface area (Å²) in [6.45, 7) is 17.5. The van der Waals surface area contributed by atoms with Crippen LogP contribution in [-0.2, 0) is 30.2 Å². The van der Waals surface area contributed by atoms with Crippen LogP contribution in [0.4, 0.5) is 9.59 Å². The van der Waals surface area contributed by atoms with Gasteiger partial charge in [0.25, 0.3) is 0 Å². The maximum atomic E-state index is 12.3. The Morgan fingerprint density at radius 2 is 1.21 bits per heavy atom. The molecule has 0 unspecified atom stereocenters. The van der Waals surface area contributed by atoms with E-state index in [1.165, 1.54) is 12.7 Å². The molecule has 4 rings (SSSR count). The molecule has 2 aliphatic rings. The Morgan fingerprint density at radius 1 is 0.750 bits per heavy atom. The zero-order valence-electron chi connectivity index (χ0n) is 29.2. The SMILES string of the molecule is C.CC(C)(C)OC(=O)N1CCC(C(=O)Cc2ccncn2)CC1.CCOC(=O)C1CCN(C(=O)OC(C)(C)C)CC1.Cc1ccncn1. The highest BCUT2D eigenvalue weighted by atomic mass is 16.6. The van der Waals surface area contributed by atoms with Crippen LogP contribution in [0.15, 0.2) is 37.2 Å². The lowest BCUT2D eigenvalue weighted by Crippen LogP contribution is -2.43. The minimum atomic E-state index is -0.489. The number of aryl methyl sites for hydroxylation is 1. The molecule has 2 amide bonds. The normalized spacial score (nSPS) is 15.3. The maximum absolute atomic E-state index is 12.3. The highest BCUT2D eigenvalue weighted by Crippen LogP contribution is 2.22. The molecule has 13 heteroatoms. The van der Waals surface area contributed by atoms with E-state index in [-0.39, 0.29) is 43.2 Å². The second-order valence-electron chi connectivity index (χ2n) is 13.4. The van der Waals surface area contributed by atoms with E-state index in [0.717, 1.165) is 11.4 Å². The molecule has 2 aromatic rings. The van der Waals surface area contributed by atoms with Crippen molar-refractivity contribution < 1.29 is 33.4 Å². The first-order chi connectivity index (χ1) is 22.1. The average Bonchev–Trinajstić information content (AvgIpc) is 3.01. The number of ether oxygens (including phenoxy) is 3. The van der Waals surface area contributed by atoms with E-state index in [0.29, 0.717) is 64.9 Å². The number of likely N-dealkylation sites (tertiary alicyclic amines) is 2. The number of carbonyl (C=O) groups excluding carboxylic acids is 4. The van der Waals surface area contributed by atoms with Crippen molar-refractivity contribution >= 4 is 23.9 Å². The number of aromatic nitrogens is 4. The Labute approximate surface area is 286 Å². The van der Waals surface area contributed by atoms with Gasteiger partial charge in [-0.25, -0.2) is 29.5 Å². The fourth-order valence-corrected chi connectivity index (χ4v) is 4.70. The van der Waals surface area contributed by atoms with Gasteiger partial charge in [0, 0.05) is 56.6 Å². The molecule has 2 aliphatic heterocycles. The molecule has 4 heterocycles. The summed E-state index contributed by atoms with van der Waals surface area (Å²) in [5, 5.41) is 0. The summed E-state index contributed by atoms with van der Waals surface area (Å²) in [6, 6.07) is 3.62. The van der Waals surface area contributed by atoms with Gasteiger partial charge in [0.15, 0.2) is 0 Å². The van der Waals surface area contributed by atoms with Gasteiger partial charge < -0.3 is 24.0 Å². The van der Waals surface area contributed by atoms with E-state index in [1.54, 1.807) is 35.2 Å². The predicted molar refractivity (Wildman–Crippen MR) is 182 cm³/mol. The minimum Gasteiger partial charge on any atom is -0.466 e. The van der Waals surface area contributed by atoms with E-state index in [9.17, 15) is 19.2 Å². The predicted octanol–water partition coefficient (Wildman–Crippen LogP) is 5.85. The molecule has 0 aliphatic carbocycles. The van der Waals surface area contributed by atoms with Crippen LogP contribution >= 0.6 is 0 Å². The van der Waals surface area contributed by atoms with Gasteiger partial charge in [-0.15, -0.1) is 0 Å². The monoisotopic (exact) mass is 672 g/mol. The van der Waals surface area contributed by atoms with E-state index in [4.69, 9.17) is 14.2 Å². The molecular formula is C35H56N6O7. The highest BCUT2D eigenvalue weighted by molar-refractivity contribution is 5.83. The van der Waals surface area contributed by atoms with Crippen molar-refractivity contribution in [2.45, 2.75) is 106 Å². The van der Waals surface area contributed by atoms with Crippen molar-refractivity contribution in [3.8, 4) is 0 Å². The van der Waals surface area contributed by atoms with Crippen LogP contribution in [0.2, 0.25) is 0 Å². The van der Waals surface area contributed by atoms with Gasteiger partial charge in [-0.2, -0.15) is 0 Å². The van der Waals surface area contributed by atoms with Crippen LogP contribution in [0, 0.1) is 18.8 Å². The Balaban J connectivity index is 0.000000397. The fourth-order valence-electron chi connectivity index (χ4n) is 4.70. The molecule has 0 spiro atoms. The second kappa shape index (κ2) is 20.3. The number of hydrogen-bond acceptors (Lipinski definition) is 11. The minimum absolute atomic E-state index is 0. The summed E-state index contributed by atoms with van der Waals surface area (Å²) in [5.74, 6) is -0.0545. The molecule has 0 saturated carbocycles. The van der Waals surface area contributed by atoms with Crippen molar-refractivity contribution in [1.29, 1.82) is 0 Å². The zero-order valence-corrected chi connectivity index (χ0v) is 29.2. The molecule has 13 nitrogen and oxygen atoms in total. The smallest absolute Gasteiger partial charge is 0.410 e. The van der Waals surface area contributed by atoms with Crippen LogP contribution < -0.4 is 0 Å². The van der Waals surface area contributed by atoms with Gasteiger partial charge >= 0.3 is 18.2 Å². The van der Waals surface area contributed by atoms with Crippen molar-refractivity contribution in [3.63, 3.8) is 0 Å². The summed E-state index contributed by atoms with van der Waals surface area (Å²) in [6.07, 6.45) is 8.76. The summed E-state index contributed by atoms with van der Waals surface area (Å²) >= 11 is 0. The Kier molecular flexibility index (Phi) is 17.7. The van der Waals surface area contributed by atoms with Crippen molar-refractivity contribution in [1.82, 2.24) is 29.7 Å². The number of carbonyl (C=O) groups is 4. The van der Waals surface area contributed by atoms with Crippen molar-refractivity contribution in [3.05, 3.63) is 48.6 Å². The number of nitrogens with zero attached hydrogens (tertiary/aromatic N) is 6. The zero-order chi connectivity index (χ0) is 35.0. The van der Waals surface area contributed by atoms with E-state index < -0.39 is 11.2 Å². The molecule has 2 fully saturated rings. The van der Waals surface area contributed by atoms with Crippen LogP contribution in [0.3, 0.4) is 0 Å². The number of ketones is 1. The number of amides is 2. The summed E-state index contributed by atoms with van der Waals surface area (Å²) in [5.41, 5.74) is 0.788. The fraction of sp³-hybridized carbons (Fsp3) is 0.657. The first-order valence-corrected chi connectivity index (χ1v) is 16.2. The topological polar surface area (TPSA) is 154 Å². The van der Waals surface area contributed by atoms with Crippen molar-refractivity contribution in [2.75, 3.05) is 32.8 Å². The third-order valence-corrected chi connectivity index (χ3v) is 7.10. The largest absolute Gasteiger partial charge is 0.466 e. The van der Waals surface area contributed by atoms with E-state index >= 15 is 0 Å². The second-order valence-corrected chi connectivity index (χ2v) is 13.4.